The lowest BCUT2D eigenvalue weighted by Gasteiger charge is -2.35. The van der Waals surface area contributed by atoms with Crippen LogP contribution in [0.5, 0.6) is 0 Å². The van der Waals surface area contributed by atoms with Gasteiger partial charge in [-0.05, 0) is 32.4 Å². The smallest absolute Gasteiger partial charge is 0.239 e. The van der Waals surface area contributed by atoms with E-state index in [0.29, 0.717) is 5.92 Å². The van der Waals surface area contributed by atoms with Gasteiger partial charge in [-0.2, -0.15) is 0 Å². The molecule has 0 bridgehead atoms. The fourth-order valence-corrected chi connectivity index (χ4v) is 2.16. The molecule has 0 aliphatic rings. The molecule has 0 saturated carbocycles. The molecule has 1 N–H and O–H groups in total. The Morgan fingerprint density at radius 1 is 1.11 bits per heavy atom. The van der Waals surface area contributed by atoms with Crippen LogP contribution < -0.4 is 0 Å². The molecule has 0 aliphatic heterocycles. The number of carbonyl (C=O) groups is 1. The van der Waals surface area contributed by atoms with Gasteiger partial charge in [-0.25, -0.2) is 0 Å². The van der Waals surface area contributed by atoms with Gasteiger partial charge in [-0.3, -0.25) is 9.69 Å². The summed E-state index contributed by atoms with van der Waals surface area (Å²) in [6.07, 6.45) is 0.840. The molecule has 0 heterocycles. The normalized spacial score (nSPS) is 15.3. The molecule has 0 spiro atoms. The van der Waals surface area contributed by atoms with Gasteiger partial charge in [-0.1, -0.05) is 27.7 Å². The van der Waals surface area contributed by atoms with Crippen LogP contribution in [0.3, 0.4) is 0 Å². The van der Waals surface area contributed by atoms with Crippen molar-refractivity contribution >= 4 is 5.91 Å². The minimum absolute atomic E-state index is 0.0156. The maximum absolute atomic E-state index is 12.5. The number of carbonyl (C=O) groups excluding carboxylic acids is 1. The van der Waals surface area contributed by atoms with Gasteiger partial charge in [0.25, 0.3) is 0 Å². The van der Waals surface area contributed by atoms with E-state index in [4.69, 9.17) is 0 Å². The van der Waals surface area contributed by atoms with E-state index < -0.39 is 0 Å². The second kappa shape index (κ2) is 7.74. The zero-order chi connectivity index (χ0) is 14.5. The van der Waals surface area contributed by atoms with Crippen molar-refractivity contribution < 1.29 is 9.90 Å². The van der Waals surface area contributed by atoms with Crippen molar-refractivity contribution in [2.45, 2.75) is 46.2 Å². The second-order valence-corrected chi connectivity index (χ2v) is 6.05. The van der Waals surface area contributed by atoms with E-state index in [1.807, 2.05) is 32.8 Å². The molecule has 4 nitrogen and oxygen atoms in total. The van der Waals surface area contributed by atoms with Crippen LogP contribution in [0.25, 0.3) is 0 Å². The largest absolute Gasteiger partial charge is 0.394 e. The van der Waals surface area contributed by atoms with Crippen molar-refractivity contribution in [3.8, 4) is 0 Å². The SMILES string of the molecule is CC(C)CC(C(=O)N(C)[C@H](CO)C(C)C)N(C)C. The van der Waals surface area contributed by atoms with Gasteiger partial charge in [0, 0.05) is 7.05 Å². The molecule has 18 heavy (non-hydrogen) atoms. The molecular formula is C14H30N2O2. The number of amides is 1. The first-order valence-electron chi connectivity index (χ1n) is 6.76. The summed E-state index contributed by atoms with van der Waals surface area (Å²) in [5.74, 6) is 0.827. The number of rotatable bonds is 7. The molecule has 0 aromatic heterocycles. The van der Waals surface area contributed by atoms with Crippen LogP contribution in [0.2, 0.25) is 0 Å². The number of aliphatic hydroxyl groups is 1. The molecule has 0 rings (SSSR count). The highest BCUT2D eigenvalue weighted by molar-refractivity contribution is 5.82. The van der Waals surface area contributed by atoms with Crippen molar-refractivity contribution in [1.29, 1.82) is 0 Å². The summed E-state index contributed by atoms with van der Waals surface area (Å²) in [6, 6.07) is -0.213. The van der Waals surface area contributed by atoms with E-state index in [0.717, 1.165) is 6.42 Å². The van der Waals surface area contributed by atoms with Crippen LogP contribution in [-0.4, -0.2) is 60.6 Å². The summed E-state index contributed by atoms with van der Waals surface area (Å²) in [5, 5.41) is 9.41. The summed E-state index contributed by atoms with van der Waals surface area (Å²) >= 11 is 0. The number of hydrogen-bond acceptors (Lipinski definition) is 3. The lowest BCUT2D eigenvalue weighted by atomic mass is 9.99. The number of likely N-dealkylation sites (N-methyl/N-ethyl adjacent to an activating group) is 2. The van der Waals surface area contributed by atoms with Gasteiger partial charge in [0.1, 0.15) is 0 Å². The fraction of sp³-hybridized carbons (Fsp3) is 0.929. The molecule has 1 unspecified atom stereocenters. The Morgan fingerprint density at radius 3 is 1.89 bits per heavy atom. The van der Waals surface area contributed by atoms with Gasteiger partial charge < -0.3 is 10.0 Å². The third kappa shape index (κ3) is 4.94. The molecule has 0 aliphatic carbocycles. The summed E-state index contributed by atoms with van der Waals surface area (Å²) in [7, 11) is 5.66. The molecule has 0 saturated heterocycles. The van der Waals surface area contributed by atoms with Crippen LogP contribution in [-0.2, 0) is 4.79 Å². The Hall–Kier alpha value is -0.610. The van der Waals surface area contributed by atoms with Crippen LogP contribution in [0.4, 0.5) is 0 Å². The number of hydrogen-bond donors (Lipinski definition) is 1. The van der Waals surface area contributed by atoms with Crippen LogP contribution >= 0.6 is 0 Å². The molecule has 4 heteroatoms. The van der Waals surface area contributed by atoms with Crippen LogP contribution in [0.1, 0.15) is 34.1 Å². The maximum Gasteiger partial charge on any atom is 0.239 e. The van der Waals surface area contributed by atoms with Crippen LogP contribution in [0, 0.1) is 11.8 Å². The molecule has 0 fully saturated rings. The highest BCUT2D eigenvalue weighted by atomic mass is 16.3. The van der Waals surface area contributed by atoms with Crippen molar-refractivity contribution in [1.82, 2.24) is 9.80 Å². The summed E-state index contributed by atoms with van der Waals surface area (Å²) in [4.78, 5) is 16.2. The van der Waals surface area contributed by atoms with Gasteiger partial charge in [0.15, 0.2) is 0 Å². The van der Waals surface area contributed by atoms with Crippen molar-refractivity contribution in [3.05, 3.63) is 0 Å². The molecule has 108 valence electrons. The third-order valence-corrected chi connectivity index (χ3v) is 3.40. The first-order valence-corrected chi connectivity index (χ1v) is 6.76. The van der Waals surface area contributed by atoms with E-state index in [2.05, 4.69) is 13.8 Å². The Kier molecular flexibility index (Phi) is 7.48. The predicted molar refractivity (Wildman–Crippen MR) is 75.4 cm³/mol. The zero-order valence-corrected chi connectivity index (χ0v) is 13.0. The predicted octanol–water partition coefficient (Wildman–Crippen LogP) is 1.44. The van der Waals surface area contributed by atoms with Crippen molar-refractivity contribution in [2.75, 3.05) is 27.7 Å². The highest BCUT2D eigenvalue weighted by Gasteiger charge is 2.29. The minimum Gasteiger partial charge on any atom is -0.394 e. The first kappa shape index (κ1) is 17.4. The Morgan fingerprint density at radius 2 is 1.61 bits per heavy atom. The third-order valence-electron chi connectivity index (χ3n) is 3.40. The van der Waals surface area contributed by atoms with Gasteiger partial charge in [0.2, 0.25) is 5.91 Å². The molecule has 2 atom stereocenters. The van der Waals surface area contributed by atoms with Gasteiger partial charge >= 0.3 is 0 Å². The van der Waals surface area contributed by atoms with Crippen LogP contribution in [0.15, 0.2) is 0 Å². The lowest BCUT2D eigenvalue weighted by Crippen LogP contribution is -2.51. The van der Waals surface area contributed by atoms with Gasteiger partial charge in [0.05, 0.1) is 18.7 Å². The highest BCUT2D eigenvalue weighted by Crippen LogP contribution is 2.15. The van der Waals surface area contributed by atoms with Gasteiger partial charge in [-0.15, -0.1) is 0 Å². The maximum atomic E-state index is 12.5. The molecule has 1 amide bonds. The standard InChI is InChI=1S/C14H30N2O2/c1-10(2)8-12(15(5)6)14(18)16(7)13(9-17)11(3)4/h10-13,17H,8-9H2,1-7H3/t12?,13-/m1/s1. The average Bonchev–Trinajstić information content (AvgIpc) is 2.24. The monoisotopic (exact) mass is 258 g/mol. The lowest BCUT2D eigenvalue weighted by molar-refractivity contribution is -0.139. The first-order chi connectivity index (χ1) is 8.22. The molecule has 0 radical (unpaired) electrons. The Labute approximate surface area is 112 Å². The Bertz CT molecular complexity index is 252. The summed E-state index contributed by atoms with van der Waals surface area (Å²) in [6.45, 7) is 8.31. The van der Waals surface area contributed by atoms with Crippen molar-refractivity contribution in [3.63, 3.8) is 0 Å². The van der Waals surface area contributed by atoms with E-state index >= 15 is 0 Å². The number of aliphatic hydroxyl groups excluding tert-OH is 1. The quantitative estimate of drug-likeness (QED) is 0.751. The summed E-state index contributed by atoms with van der Waals surface area (Å²) < 4.78 is 0. The second-order valence-electron chi connectivity index (χ2n) is 6.05. The van der Waals surface area contributed by atoms with E-state index in [1.165, 1.54) is 0 Å². The van der Waals surface area contributed by atoms with Crippen molar-refractivity contribution in [2.24, 2.45) is 11.8 Å². The van der Waals surface area contributed by atoms with E-state index in [9.17, 15) is 9.90 Å². The molecule has 0 aromatic rings. The summed E-state index contributed by atoms with van der Waals surface area (Å²) in [5.41, 5.74) is 0. The fourth-order valence-electron chi connectivity index (χ4n) is 2.16. The zero-order valence-electron chi connectivity index (χ0n) is 13.0. The molecular weight excluding hydrogens is 228 g/mol. The Balaban J connectivity index is 4.85. The van der Waals surface area contributed by atoms with E-state index in [-0.39, 0.29) is 30.5 Å². The number of nitrogens with zero attached hydrogens (tertiary/aromatic N) is 2. The van der Waals surface area contributed by atoms with E-state index in [1.54, 1.807) is 11.9 Å². The topological polar surface area (TPSA) is 43.8 Å². The minimum atomic E-state index is -0.109. The average molecular weight is 258 g/mol. The molecule has 0 aromatic carbocycles.